The van der Waals surface area contributed by atoms with Gasteiger partial charge in [0.15, 0.2) is 10.8 Å². The third kappa shape index (κ3) is 4.86. The number of rotatable bonds is 7. The molecule has 1 fully saturated rings. The molecule has 3 heterocycles. The quantitative estimate of drug-likeness (QED) is 0.754. The van der Waals surface area contributed by atoms with Crippen LogP contribution in [0.4, 0.5) is 0 Å². The molecule has 0 radical (unpaired) electrons. The first-order valence-corrected chi connectivity index (χ1v) is 10.2. The van der Waals surface area contributed by atoms with Crippen LogP contribution in [0.5, 0.6) is 0 Å². The third-order valence-corrected chi connectivity index (χ3v) is 6.01. The van der Waals surface area contributed by atoms with Crippen LogP contribution in [-0.4, -0.2) is 51.4 Å². The van der Waals surface area contributed by atoms with Crippen LogP contribution in [0, 0.1) is 6.92 Å². The Hall–Kier alpha value is -1.86. The van der Waals surface area contributed by atoms with Crippen LogP contribution < -0.4 is 5.32 Å². The van der Waals surface area contributed by atoms with Gasteiger partial charge in [0.1, 0.15) is 4.88 Å². The van der Waals surface area contributed by atoms with Gasteiger partial charge >= 0.3 is 0 Å². The van der Waals surface area contributed by atoms with Crippen molar-refractivity contribution in [2.45, 2.75) is 52.0 Å². The number of unbranched alkanes of at least 4 members (excludes halogenated alkanes) is 1. The number of nitrogens with zero attached hydrogens (tertiary/aromatic N) is 4. The Balaban J connectivity index is 1.44. The Morgan fingerprint density at radius 2 is 2.12 bits per heavy atom. The molecule has 1 aliphatic rings. The van der Waals surface area contributed by atoms with Gasteiger partial charge < -0.3 is 10.2 Å². The lowest BCUT2D eigenvalue weighted by Crippen LogP contribution is -2.38. The van der Waals surface area contributed by atoms with Crippen molar-refractivity contribution in [3.8, 4) is 10.8 Å². The maximum absolute atomic E-state index is 12.4. The molecule has 1 saturated heterocycles. The summed E-state index contributed by atoms with van der Waals surface area (Å²) < 4.78 is 0. The molecule has 1 atom stereocenters. The van der Waals surface area contributed by atoms with Crippen LogP contribution >= 0.6 is 11.3 Å². The molecule has 0 bridgehead atoms. The highest BCUT2D eigenvalue weighted by Gasteiger charge is 2.18. The first kappa shape index (κ1) is 18.9. The Kier molecular flexibility index (Phi) is 6.68. The smallest absolute Gasteiger partial charge is 0.263 e. The number of aromatic nitrogens is 3. The van der Waals surface area contributed by atoms with E-state index in [2.05, 4.69) is 32.1 Å². The summed E-state index contributed by atoms with van der Waals surface area (Å²) in [5, 5.41) is 3.71. The van der Waals surface area contributed by atoms with Crippen molar-refractivity contribution < 1.29 is 4.79 Å². The van der Waals surface area contributed by atoms with Crippen LogP contribution in [0.15, 0.2) is 18.5 Å². The second-order valence-electron chi connectivity index (χ2n) is 6.85. The van der Waals surface area contributed by atoms with Crippen molar-refractivity contribution in [1.29, 1.82) is 0 Å². The van der Waals surface area contributed by atoms with Crippen molar-refractivity contribution in [2.75, 3.05) is 19.6 Å². The first-order valence-electron chi connectivity index (χ1n) is 9.42. The summed E-state index contributed by atoms with van der Waals surface area (Å²) in [7, 11) is 0. The van der Waals surface area contributed by atoms with Crippen molar-refractivity contribution in [3.63, 3.8) is 0 Å². The minimum Gasteiger partial charge on any atom is -0.351 e. The predicted molar refractivity (Wildman–Crippen MR) is 104 cm³/mol. The number of hydrogen-bond donors (Lipinski definition) is 1. The average Bonchev–Trinajstić information content (AvgIpc) is 3.05. The van der Waals surface area contributed by atoms with Gasteiger partial charge in [0.2, 0.25) is 0 Å². The van der Waals surface area contributed by atoms with E-state index in [1.165, 1.54) is 37.1 Å². The number of thiazole rings is 1. The molecule has 1 amide bonds. The molecule has 1 unspecified atom stereocenters. The van der Waals surface area contributed by atoms with Crippen molar-refractivity contribution in [3.05, 3.63) is 29.0 Å². The van der Waals surface area contributed by atoms with Gasteiger partial charge in [-0.15, -0.1) is 11.3 Å². The number of aryl methyl sites for hydroxylation is 1. The zero-order chi connectivity index (χ0) is 18.4. The van der Waals surface area contributed by atoms with Crippen molar-refractivity contribution >= 4 is 17.2 Å². The summed E-state index contributed by atoms with van der Waals surface area (Å²) in [4.78, 5) is 28.5. The average molecular weight is 374 g/mol. The molecule has 1 N–H and O–H groups in total. The van der Waals surface area contributed by atoms with E-state index in [1.807, 2.05) is 6.92 Å². The summed E-state index contributed by atoms with van der Waals surface area (Å²) in [5.74, 6) is 0.517. The van der Waals surface area contributed by atoms with E-state index in [4.69, 9.17) is 0 Å². The highest BCUT2D eigenvalue weighted by Crippen LogP contribution is 2.25. The Bertz CT molecular complexity index is 718. The van der Waals surface area contributed by atoms with Gasteiger partial charge in [-0.3, -0.25) is 4.79 Å². The van der Waals surface area contributed by atoms with E-state index in [0.29, 0.717) is 28.3 Å². The van der Waals surface area contributed by atoms with Gasteiger partial charge in [-0.2, -0.15) is 0 Å². The van der Waals surface area contributed by atoms with Gasteiger partial charge in [-0.25, -0.2) is 15.0 Å². The molecule has 2 aromatic heterocycles. The number of piperidine rings is 1. The number of nitrogens with one attached hydrogen (secondary N) is 1. The Labute approximate surface area is 159 Å². The summed E-state index contributed by atoms with van der Waals surface area (Å²) in [6, 6.07) is 2.47. The van der Waals surface area contributed by atoms with Gasteiger partial charge in [-0.05, 0) is 58.7 Å². The van der Waals surface area contributed by atoms with Crippen molar-refractivity contribution in [2.24, 2.45) is 0 Å². The monoisotopic (exact) mass is 373 g/mol. The van der Waals surface area contributed by atoms with E-state index in [0.717, 1.165) is 25.1 Å². The highest BCUT2D eigenvalue weighted by atomic mass is 32.1. The molecule has 26 heavy (non-hydrogen) atoms. The molecule has 3 rings (SSSR count). The molecular weight excluding hydrogens is 346 g/mol. The highest BCUT2D eigenvalue weighted by molar-refractivity contribution is 7.17. The van der Waals surface area contributed by atoms with Crippen LogP contribution in [0.1, 0.15) is 54.4 Å². The van der Waals surface area contributed by atoms with Gasteiger partial charge in [0, 0.05) is 25.0 Å². The minimum absolute atomic E-state index is 0.0477. The molecule has 0 spiro atoms. The zero-order valence-corrected chi connectivity index (χ0v) is 16.4. The summed E-state index contributed by atoms with van der Waals surface area (Å²) >= 11 is 1.35. The number of likely N-dealkylation sites (tertiary alicyclic amines) is 1. The second kappa shape index (κ2) is 9.19. The maximum atomic E-state index is 12.4. The third-order valence-electron chi connectivity index (χ3n) is 4.86. The number of carbonyl (C=O) groups excluding carboxylic acids is 1. The molecule has 6 nitrogen and oxygen atoms in total. The van der Waals surface area contributed by atoms with Crippen LogP contribution in [0.3, 0.4) is 0 Å². The standard InChI is InChI=1S/C19H27N5OS/c1-14-8-3-5-12-24(14)13-6-4-9-22-18(25)16-15(2)23-19(26-16)17-20-10-7-11-21-17/h7,10-11,14H,3-6,8-9,12-13H2,1-2H3,(H,22,25). The van der Waals surface area contributed by atoms with Gasteiger partial charge in [0.25, 0.3) is 5.91 Å². The predicted octanol–water partition coefficient (Wildman–Crippen LogP) is 3.29. The molecule has 0 aromatic carbocycles. The Morgan fingerprint density at radius 1 is 1.31 bits per heavy atom. The number of hydrogen-bond acceptors (Lipinski definition) is 6. The topological polar surface area (TPSA) is 71.0 Å². The number of carbonyl (C=O) groups is 1. The second-order valence-corrected chi connectivity index (χ2v) is 7.85. The molecule has 2 aromatic rings. The van der Waals surface area contributed by atoms with E-state index in [1.54, 1.807) is 18.5 Å². The summed E-state index contributed by atoms with van der Waals surface area (Å²) in [6.07, 6.45) is 9.48. The fraction of sp³-hybridized carbons (Fsp3) is 0.579. The van der Waals surface area contributed by atoms with Gasteiger partial charge in [0.05, 0.1) is 5.69 Å². The molecule has 7 heteroatoms. The molecule has 0 saturated carbocycles. The lowest BCUT2D eigenvalue weighted by Gasteiger charge is -2.33. The van der Waals surface area contributed by atoms with E-state index in [9.17, 15) is 4.79 Å². The van der Waals surface area contributed by atoms with Crippen LogP contribution in [-0.2, 0) is 0 Å². The zero-order valence-electron chi connectivity index (χ0n) is 15.6. The van der Waals surface area contributed by atoms with E-state index < -0.39 is 0 Å². The van der Waals surface area contributed by atoms with E-state index in [-0.39, 0.29) is 5.91 Å². The summed E-state index contributed by atoms with van der Waals surface area (Å²) in [5.41, 5.74) is 0.733. The number of amides is 1. The van der Waals surface area contributed by atoms with Gasteiger partial charge in [-0.1, -0.05) is 6.42 Å². The Morgan fingerprint density at radius 3 is 2.88 bits per heavy atom. The largest absolute Gasteiger partial charge is 0.351 e. The lowest BCUT2D eigenvalue weighted by molar-refractivity contribution is 0.0955. The maximum Gasteiger partial charge on any atom is 0.263 e. The van der Waals surface area contributed by atoms with Crippen LogP contribution in [0.25, 0.3) is 10.8 Å². The SMILES string of the molecule is Cc1nc(-c2ncccn2)sc1C(=O)NCCCCN1CCCCC1C. The van der Waals surface area contributed by atoms with Crippen molar-refractivity contribution in [1.82, 2.24) is 25.2 Å². The fourth-order valence-electron chi connectivity index (χ4n) is 3.32. The normalized spacial score (nSPS) is 18.0. The van der Waals surface area contributed by atoms with E-state index >= 15 is 0 Å². The van der Waals surface area contributed by atoms with Crippen LogP contribution in [0.2, 0.25) is 0 Å². The summed E-state index contributed by atoms with van der Waals surface area (Å²) in [6.45, 7) is 7.23. The molecule has 140 valence electrons. The first-order chi connectivity index (χ1) is 12.6. The minimum atomic E-state index is -0.0477. The molecular formula is C19H27N5OS. The fourth-order valence-corrected chi connectivity index (χ4v) is 4.25. The molecule has 0 aliphatic carbocycles. The lowest BCUT2D eigenvalue weighted by atomic mass is 10.0. The molecule has 1 aliphatic heterocycles.